The minimum atomic E-state index is -0.517. The highest BCUT2D eigenvalue weighted by Gasteiger charge is 2.05. The van der Waals surface area contributed by atoms with Gasteiger partial charge in [-0.05, 0) is 25.3 Å². The first-order chi connectivity index (χ1) is 10.1. The van der Waals surface area contributed by atoms with E-state index in [2.05, 4.69) is 11.2 Å². The lowest BCUT2D eigenvalue weighted by Crippen LogP contribution is -2.28. The molecule has 0 saturated carbocycles. The van der Waals surface area contributed by atoms with Crippen LogP contribution in [-0.4, -0.2) is 25.0 Å². The van der Waals surface area contributed by atoms with E-state index in [1.54, 1.807) is 0 Å². The lowest BCUT2D eigenvalue weighted by atomic mass is 10.1. The molecule has 110 valence electrons. The first-order valence-corrected chi connectivity index (χ1v) is 6.70. The molecule has 1 rings (SSSR count). The zero-order valence-corrected chi connectivity index (χ0v) is 12.1. The van der Waals surface area contributed by atoms with E-state index in [0.717, 1.165) is 18.4 Å². The number of aryl methyl sites for hydroxylation is 1. The Labute approximate surface area is 125 Å². The van der Waals surface area contributed by atoms with Crippen LogP contribution in [0.4, 0.5) is 0 Å². The molecule has 4 heteroatoms. The lowest BCUT2D eigenvalue weighted by molar-refractivity contribution is -0.143. The number of rotatable bonds is 7. The Bertz CT molecular complexity index is 541. The highest BCUT2D eigenvalue weighted by molar-refractivity contribution is 5.86. The topological polar surface area (TPSA) is 55.4 Å². The Morgan fingerprint density at radius 2 is 2.05 bits per heavy atom. The van der Waals surface area contributed by atoms with Gasteiger partial charge in [0.1, 0.15) is 0 Å². The van der Waals surface area contributed by atoms with Crippen molar-refractivity contribution in [3.05, 3.63) is 47.5 Å². The molecule has 1 aromatic carbocycles. The summed E-state index contributed by atoms with van der Waals surface area (Å²) in [7, 11) is 0. The van der Waals surface area contributed by atoms with Crippen LogP contribution in [0.1, 0.15) is 18.9 Å². The molecule has 0 aromatic heterocycles. The molecule has 0 unspecified atom stereocenters. The Morgan fingerprint density at radius 1 is 1.33 bits per heavy atom. The van der Waals surface area contributed by atoms with Crippen molar-refractivity contribution in [1.82, 2.24) is 5.32 Å². The Kier molecular flexibility index (Phi) is 7.37. The molecule has 0 aliphatic rings. The van der Waals surface area contributed by atoms with E-state index in [1.165, 1.54) is 11.6 Å². The summed E-state index contributed by atoms with van der Waals surface area (Å²) >= 11 is 0. The predicted octanol–water partition coefficient (Wildman–Crippen LogP) is 1.86. The molecular formula is C17H19NO3. The molecular weight excluding hydrogens is 266 g/mol. The van der Waals surface area contributed by atoms with E-state index in [9.17, 15) is 9.59 Å². The van der Waals surface area contributed by atoms with E-state index in [1.807, 2.05) is 37.3 Å². The standard InChI is InChI=1S/C17H19NO3/c1-3-11-18-16(19)13-21-17(20)12-14(2)9-10-15-7-5-4-6-8-15/h1,4-8,12H,9-11,13H2,2H3,(H,18,19). The van der Waals surface area contributed by atoms with Crippen LogP contribution in [0.3, 0.4) is 0 Å². The maximum atomic E-state index is 11.5. The smallest absolute Gasteiger partial charge is 0.331 e. The number of nitrogens with one attached hydrogen (secondary N) is 1. The van der Waals surface area contributed by atoms with Crippen LogP contribution in [-0.2, 0) is 20.7 Å². The first-order valence-electron chi connectivity index (χ1n) is 6.70. The lowest BCUT2D eigenvalue weighted by Gasteiger charge is -2.04. The molecule has 0 bridgehead atoms. The summed E-state index contributed by atoms with van der Waals surface area (Å²) in [6, 6.07) is 10.0. The summed E-state index contributed by atoms with van der Waals surface area (Å²) in [4.78, 5) is 22.7. The van der Waals surface area contributed by atoms with Gasteiger partial charge in [-0.2, -0.15) is 0 Å². The first kappa shape index (κ1) is 16.5. The van der Waals surface area contributed by atoms with E-state index >= 15 is 0 Å². The maximum absolute atomic E-state index is 11.5. The normalized spacial score (nSPS) is 10.6. The number of amides is 1. The SMILES string of the molecule is C#CCNC(=O)COC(=O)C=C(C)CCc1ccccc1. The molecule has 1 amide bonds. The number of allylic oxidation sites excluding steroid dienone is 1. The molecule has 0 aliphatic carbocycles. The average molecular weight is 285 g/mol. The number of hydrogen-bond donors (Lipinski definition) is 1. The van der Waals surface area contributed by atoms with Gasteiger partial charge in [0.25, 0.3) is 5.91 Å². The summed E-state index contributed by atoms with van der Waals surface area (Å²) in [6.45, 7) is 1.67. The molecule has 0 saturated heterocycles. The summed E-state index contributed by atoms with van der Waals surface area (Å²) in [5, 5.41) is 2.41. The van der Waals surface area contributed by atoms with Crippen LogP contribution < -0.4 is 5.32 Å². The highest BCUT2D eigenvalue weighted by atomic mass is 16.5. The second-order valence-corrected chi connectivity index (χ2v) is 4.56. The van der Waals surface area contributed by atoms with Crippen molar-refractivity contribution in [1.29, 1.82) is 0 Å². The number of hydrogen-bond acceptors (Lipinski definition) is 3. The summed E-state index contributed by atoms with van der Waals surface area (Å²) < 4.78 is 4.83. The fourth-order valence-electron chi connectivity index (χ4n) is 1.64. The summed E-state index contributed by atoms with van der Waals surface area (Å²) in [5.74, 6) is 1.34. The van der Waals surface area contributed by atoms with E-state index in [0.29, 0.717) is 0 Å². The van der Waals surface area contributed by atoms with Crippen molar-refractivity contribution in [2.24, 2.45) is 0 Å². The van der Waals surface area contributed by atoms with Gasteiger partial charge in [-0.25, -0.2) is 4.79 Å². The zero-order valence-electron chi connectivity index (χ0n) is 12.1. The third kappa shape index (κ3) is 7.58. The van der Waals surface area contributed by atoms with Crippen molar-refractivity contribution in [3.8, 4) is 12.3 Å². The van der Waals surface area contributed by atoms with Gasteiger partial charge in [0, 0.05) is 6.08 Å². The maximum Gasteiger partial charge on any atom is 0.331 e. The summed E-state index contributed by atoms with van der Waals surface area (Å²) in [6.07, 6.45) is 8.04. The van der Waals surface area contributed by atoms with Crippen molar-refractivity contribution < 1.29 is 14.3 Å². The van der Waals surface area contributed by atoms with Gasteiger partial charge in [0.2, 0.25) is 0 Å². The zero-order chi connectivity index (χ0) is 15.5. The van der Waals surface area contributed by atoms with Crippen molar-refractivity contribution in [2.75, 3.05) is 13.2 Å². The van der Waals surface area contributed by atoms with Gasteiger partial charge in [-0.15, -0.1) is 6.42 Å². The third-order valence-electron chi connectivity index (χ3n) is 2.75. The molecule has 1 N–H and O–H groups in total. The van der Waals surface area contributed by atoms with E-state index in [4.69, 9.17) is 11.2 Å². The highest BCUT2D eigenvalue weighted by Crippen LogP contribution is 2.08. The predicted molar refractivity (Wildman–Crippen MR) is 81.3 cm³/mol. The van der Waals surface area contributed by atoms with Crippen molar-refractivity contribution >= 4 is 11.9 Å². The summed E-state index contributed by atoms with van der Waals surface area (Å²) in [5.41, 5.74) is 2.13. The van der Waals surface area contributed by atoms with Gasteiger partial charge < -0.3 is 10.1 Å². The van der Waals surface area contributed by atoms with E-state index < -0.39 is 11.9 Å². The van der Waals surface area contributed by atoms with Crippen LogP contribution in [0.2, 0.25) is 0 Å². The average Bonchev–Trinajstić information content (AvgIpc) is 2.50. The molecule has 0 heterocycles. The molecule has 21 heavy (non-hydrogen) atoms. The van der Waals surface area contributed by atoms with Crippen LogP contribution >= 0.6 is 0 Å². The fraction of sp³-hybridized carbons (Fsp3) is 0.294. The van der Waals surface area contributed by atoms with E-state index in [-0.39, 0.29) is 13.2 Å². The number of benzene rings is 1. The minimum Gasteiger partial charge on any atom is -0.452 e. The van der Waals surface area contributed by atoms with Crippen LogP contribution in [0.15, 0.2) is 42.0 Å². The quantitative estimate of drug-likeness (QED) is 0.472. The fourth-order valence-corrected chi connectivity index (χ4v) is 1.64. The molecule has 0 radical (unpaired) electrons. The van der Waals surface area contributed by atoms with Gasteiger partial charge in [0.15, 0.2) is 6.61 Å². The third-order valence-corrected chi connectivity index (χ3v) is 2.75. The van der Waals surface area contributed by atoms with Gasteiger partial charge in [-0.1, -0.05) is 41.8 Å². The van der Waals surface area contributed by atoms with Crippen LogP contribution in [0, 0.1) is 12.3 Å². The largest absolute Gasteiger partial charge is 0.452 e. The molecule has 0 fully saturated rings. The Hall–Kier alpha value is -2.54. The van der Waals surface area contributed by atoms with Gasteiger partial charge in [-0.3, -0.25) is 4.79 Å². The second-order valence-electron chi connectivity index (χ2n) is 4.56. The second kappa shape index (κ2) is 9.38. The van der Waals surface area contributed by atoms with Crippen molar-refractivity contribution in [2.45, 2.75) is 19.8 Å². The number of terminal acetylenes is 1. The molecule has 0 atom stereocenters. The van der Waals surface area contributed by atoms with Crippen molar-refractivity contribution in [3.63, 3.8) is 0 Å². The van der Waals surface area contributed by atoms with Gasteiger partial charge >= 0.3 is 5.97 Å². The van der Waals surface area contributed by atoms with Crippen LogP contribution in [0.5, 0.6) is 0 Å². The Balaban J connectivity index is 2.31. The molecule has 0 spiro atoms. The number of ether oxygens (including phenoxy) is 1. The number of carbonyl (C=O) groups excluding carboxylic acids is 2. The number of carbonyl (C=O) groups is 2. The monoisotopic (exact) mass is 285 g/mol. The Morgan fingerprint density at radius 3 is 2.71 bits per heavy atom. The number of esters is 1. The molecule has 4 nitrogen and oxygen atoms in total. The molecule has 0 aliphatic heterocycles. The minimum absolute atomic E-state index is 0.127. The van der Waals surface area contributed by atoms with Gasteiger partial charge in [0.05, 0.1) is 6.54 Å². The van der Waals surface area contributed by atoms with Crippen LogP contribution in [0.25, 0.3) is 0 Å². The molecule has 1 aromatic rings.